The third kappa shape index (κ3) is 7.45. The zero-order valence-electron chi connectivity index (χ0n) is 14.7. The molecule has 1 rings (SSSR count). The van der Waals surface area contributed by atoms with Crippen molar-refractivity contribution in [1.29, 1.82) is 0 Å². The third-order valence-corrected chi connectivity index (χ3v) is 4.24. The third-order valence-electron chi connectivity index (χ3n) is 4.24. The van der Waals surface area contributed by atoms with Gasteiger partial charge in [-0.2, -0.15) is 0 Å². The van der Waals surface area contributed by atoms with Crippen molar-refractivity contribution in [3.05, 3.63) is 0 Å². The lowest BCUT2D eigenvalue weighted by Crippen LogP contribution is -2.48. The summed E-state index contributed by atoms with van der Waals surface area (Å²) in [7, 11) is 0. The zero-order valence-corrected chi connectivity index (χ0v) is 14.7. The van der Waals surface area contributed by atoms with Gasteiger partial charge in [0.15, 0.2) is 0 Å². The molecule has 0 radical (unpaired) electrons. The Balaban J connectivity index is 2.46. The number of amides is 1. The number of aliphatic hydroxyl groups is 1. The average molecular weight is 314 g/mol. The van der Waals surface area contributed by atoms with Gasteiger partial charge >= 0.3 is 6.09 Å². The van der Waals surface area contributed by atoms with E-state index in [-0.39, 0.29) is 12.7 Å². The second-order valence-electron chi connectivity index (χ2n) is 7.32. The molecule has 0 aliphatic heterocycles. The van der Waals surface area contributed by atoms with Crippen molar-refractivity contribution >= 4 is 6.09 Å². The maximum Gasteiger partial charge on any atom is 0.407 e. The lowest BCUT2D eigenvalue weighted by Gasteiger charge is -2.35. The summed E-state index contributed by atoms with van der Waals surface area (Å²) >= 11 is 0. The number of ether oxygens (including phenoxy) is 1. The predicted octanol–water partition coefficient (Wildman–Crippen LogP) is 2.82. The topological polar surface area (TPSA) is 70.6 Å². The van der Waals surface area contributed by atoms with E-state index in [2.05, 4.69) is 17.6 Å². The molecule has 1 saturated carbocycles. The Hall–Kier alpha value is -0.810. The van der Waals surface area contributed by atoms with Gasteiger partial charge in [0.05, 0.1) is 0 Å². The number of hydrogen-bond acceptors (Lipinski definition) is 4. The van der Waals surface area contributed by atoms with Crippen LogP contribution < -0.4 is 10.6 Å². The van der Waals surface area contributed by atoms with E-state index in [9.17, 15) is 4.79 Å². The Morgan fingerprint density at radius 2 is 2.00 bits per heavy atom. The van der Waals surface area contributed by atoms with Gasteiger partial charge in [0.25, 0.3) is 0 Å². The van der Waals surface area contributed by atoms with Crippen molar-refractivity contribution in [1.82, 2.24) is 10.6 Å². The van der Waals surface area contributed by atoms with Crippen LogP contribution in [0.3, 0.4) is 0 Å². The summed E-state index contributed by atoms with van der Waals surface area (Å²) in [4.78, 5) is 11.8. The highest BCUT2D eigenvalue weighted by atomic mass is 16.6. The number of carbonyl (C=O) groups is 1. The molecule has 0 heterocycles. The highest BCUT2D eigenvalue weighted by molar-refractivity contribution is 5.67. The van der Waals surface area contributed by atoms with Gasteiger partial charge in [0.2, 0.25) is 0 Å². The highest BCUT2D eigenvalue weighted by Gasteiger charge is 2.27. The van der Waals surface area contributed by atoms with E-state index in [1.165, 1.54) is 12.8 Å². The summed E-state index contributed by atoms with van der Waals surface area (Å²) in [6.45, 7) is 8.64. The minimum atomic E-state index is -0.456. The van der Waals surface area contributed by atoms with Crippen LogP contribution in [0.25, 0.3) is 0 Å². The fourth-order valence-electron chi connectivity index (χ4n) is 3.06. The summed E-state index contributed by atoms with van der Waals surface area (Å²) in [5.74, 6) is 0.439. The normalized spacial score (nSPS) is 23.9. The SMILES string of the molecule is CCC(CCO)NC1CCCCC1CNC(=O)OC(C)(C)C. The quantitative estimate of drug-likeness (QED) is 0.676. The van der Waals surface area contributed by atoms with E-state index < -0.39 is 5.60 Å². The summed E-state index contributed by atoms with van der Waals surface area (Å²) in [6.07, 6.45) is 6.19. The largest absolute Gasteiger partial charge is 0.444 e. The molecule has 22 heavy (non-hydrogen) atoms. The number of hydrogen-bond donors (Lipinski definition) is 3. The Morgan fingerprint density at radius 1 is 1.32 bits per heavy atom. The number of nitrogens with one attached hydrogen (secondary N) is 2. The van der Waals surface area contributed by atoms with Crippen molar-refractivity contribution in [2.24, 2.45) is 5.92 Å². The van der Waals surface area contributed by atoms with E-state index in [1.807, 2.05) is 20.8 Å². The number of rotatable bonds is 7. The molecule has 3 unspecified atom stereocenters. The molecule has 0 aromatic heterocycles. The minimum Gasteiger partial charge on any atom is -0.444 e. The van der Waals surface area contributed by atoms with Gasteiger partial charge in [-0.1, -0.05) is 19.8 Å². The fourth-order valence-corrected chi connectivity index (χ4v) is 3.06. The van der Waals surface area contributed by atoms with E-state index >= 15 is 0 Å². The van der Waals surface area contributed by atoms with Gasteiger partial charge in [0.1, 0.15) is 5.60 Å². The fraction of sp³-hybridized carbons (Fsp3) is 0.941. The lowest BCUT2D eigenvalue weighted by molar-refractivity contribution is 0.0509. The van der Waals surface area contributed by atoms with Crippen molar-refractivity contribution in [2.75, 3.05) is 13.2 Å². The van der Waals surface area contributed by atoms with E-state index in [0.29, 0.717) is 24.5 Å². The molecule has 130 valence electrons. The van der Waals surface area contributed by atoms with Crippen LogP contribution in [-0.2, 0) is 4.74 Å². The first-order valence-corrected chi connectivity index (χ1v) is 8.69. The van der Waals surface area contributed by atoms with Gasteiger partial charge in [-0.15, -0.1) is 0 Å². The Labute approximate surface area is 135 Å². The van der Waals surface area contributed by atoms with Crippen LogP contribution in [0.4, 0.5) is 4.79 Å². The standard InChI is InChI=1S/C17H34N2O3/c1-5-14(10-11-20)19-15-9-7-6-8-13(15)12-18-16(21)22-17(2,3)4/h13-15,19-20H,5-12H2,1-4H3,(H,18,21). The van der Waals surface area contributed by atoms with Crippen LogP contribution in [-0.4, -0.2) is 42.0 Å². The van der Waals surface area contributed by atoms with Crippen LogP contribution in [0.1, 0.15) is 66.2 Å². The average Bonchev–Trinajstić information content (AvgIpc) is 2.44. The number of aliphatic hydroxyl groups excluding tert-OH is 1. The molecule has 0 bridgehead atoms. The Bertz CT molecular complexity index is 328. The summed E-state index contributed by atoms with van der Waals surface area (Å²) in [5, 5.41) is 15.7. The lowest BCUT2D eigenvalue weighted by atomic mass is 9.83. The second-order valence-corrected chi connectivity index (χ2v) is 7.32. The summed E-state index contributed by atoms with van der Waals surface area (Å²) in [5.41, 5.74) is -0.456. The molecule has 0 saturated heterocycles. The van der Waals surface area contributed by atoms with Crippen LogP contribution in [0, 0.1) is 5.92 Å². The second kappa shape index (κ2) is 9.36. The predicted molar refractivity (Wildman–Crippen MR) is 88.9 cm³/mol. The van der Waals surface area contributed by atoms with Crippen LogP contribution >= 0.6 is 0 Å². The maximum absolute atomic E-state index is 11.8. The van der Waals surface area contributed by atoms with Gasteiger partial charge in [-0.25, -0.2) is 4.79 Å². The smallest absolute Gasteiger partial charge is 0.407 e. The Morgan fingerprint density at radius 3 is 2.59 bits per heavy atom. The number of alkyl carbamates (subject to hydrolysis) is 1. The highest BCUT2D eigenvalue weighted by Crippen LogP contribution is 2.25. The molecule has 0 spiro atoms. The van der Waals surface area contributed by atoms with E-state index in [4.69, 9.17) is 9.84 Å². The molecule has 5 heteroatoms. The molecular weight excluding hydrogens is 280 g/mol. The minimum absolute atomic E-state index is 0.221. The first-order chi connectivity index (χ1) is 10.4. The molecule has 1 amide bonds. The molecule has 1 fully saturated rings. The zero-order chi connectivity index (χ0) is 16.6. The maximum atomic E-state index is 11.8. The van der Waals surface area contributed by atoms with Crippen molar-refractivity contribution in [3.8, 4) is 0 Å². The molecule has 5 nitrogen and oxygen atoms in total. The molecule has 1 aliphatic rings. The number of carbonyl (C=O) groups excluding carboxylic acids is 1. The molecule has 0 aromatic carbocycles. The first-order valence-electron chi connectivity index (χ1n) is 8.69. The van der Waals surface area contributed by atoms with Crippen molar-refractivity contribution < 1.29 is 14.6 Å². The molecule has 0 aromatic rings. The van der Waals surface area contributed by atoms with Crippen LogP contribution in [0.5, 0.6) is 0 Å². The van der Waals surface area contributed by atoms with Gasteiger partial charge in [-0.05, 0) is 52.4 Å². The van der Waals surface area contributed by atoms with Gasteiger partial charge in [0, 0.05) is 25.2 Å². The molecule has 1 aliphatic carbocycles. The van der Waals surface area contributed by atoms with Crippen LogP contribution in [0.2, 0.25) is 0 Å². The van der Waals surface area contributed by atoms with Crippen molar-refractivity contribution in [2.45, 2.75) is 83.9 Å². The Kier molecular flexibility index (Phi) is 8.18. The first kappa shape index (κ1) is 19.2. The van der Waals surface area contributed by atoms with Crippen molar-refractivity contribution in [3.63, 3.8) is 0 Å². The van der Waals surface area contributed by atoms with Gasteiger partial charge < -0.3 is 20.5 Å². The monoisotopic (exact) mass is 314 g/mol. The van der Waals surface area contributed by atoms with Crippen LogP contribution in [0.15, 0.2) is 0 Å². The summed E-state index contributed by atoms with van der Waals surface area (Å²) in [6, 6.07) is 0.775. The summed E-state index contributed by atoms with van der Waals surface area (Å²) < 4.78 is 5.30. The van der Waals surface area contributed by atoms with Gasteiger partial charge in [-0.3, -0.25) is 0 Å². The van der Waals surface area contributed by atoms with E-state index in [0.717, 1.165) is 25.7 Å². The molecular formula is C17H34N2O3. The molecule has 3 N–H and O–H groups in total. The molecule has 3 atom stereocenters. The van der Waals surface area contributed by atoms with E-state index in [1.54, 1.807) is 0 Å².